The zero-order valence-corrected chi connectivity index (χ0v) is 11.7. The maximum absolute atomic E-state index is 12.1. The largest absolute Gasteiger partial charge is 0.480 e. The van der Waals surface area contributed by atoms with Crippen molar-refractivity contribution in [1.82, 2.24) is 15.3 Å². The number of hydrogen-bond donors (Lipinski definition) is 1. The Morgan fingerprint density at radius 2 is 2.32 bits per heavy atom. The number of aliphatic imine (C=N–C) groups is 1. The molecule has 1 N–H and O–H groups in total. The van der Waals surface area contributed by atoms with Crippen molar-refractivity contribution in [2.45, 2.75) is 36.1 Å². The van der Waals surface area contributed by atoms with Crippen LogP contribution in [0.15, 0.2) is 16.2 Å². The second-order valence-electron chi connectivity index (χ2n) is 5.19. The SMILES string of the molecule is COc1cnc2c(n1)SC1C(=O)NC(C)(C)CC1=N2. The first-order chi connectivity index (χ1) is 8.98. The molecule has 0 bridgehead atoms. The van der Waals surface area contributed by atoms with Gasteiger partial charge in [0, 0.05) is 17.7 Å². The smallest absolute Gasteiger partial charge is 0.239 e. The summed E-state index contributed by atoms with van der Waals surface area (Å²) in [6, 6.07) is 0. The zero-order valence-electron chi connectivity index (χ0n) is 10.9. The standard InChI is InChI=1S/C12H14N4O2S/c1-12(2)4-6-8(10(17)16-12)19-11-9(14-6)13-5-7(15-11)18-3/h5,8H,4H2,1-3H3,(H,16,17). The summed E-state index contributed by atoms with van der Waals surface area (Å²) in [6.07, 6.45) is 2.27. The molecule has 1 saturated heterocycles. The van der Waals surface area contributed by atoms with Gasteiger partial charge in [0.1, 0.15) is 10.3 Å². The first kappa shape index (κ1) is 12.4. The van der Waals surface area contributed by atoms with Gasteiger partial charge in [0.05, 0.1) is 13.3 Å². The third-order valence-electron chi connectivity index (χ3n) is 3.01. The van der Waals surface area contributed by atoms with E-state index in [1.54, 1.807) is 0 Å². The van der Waals surface area contributed by atoms with Gasteiger partial charge < -0.3 is 10.1 Å². The molecule has 1 amide bonds. The number of aromatic nitrogens is 2. The first-order valence-electron chi connectivity index (χ1n) is 5.96. The Balaban J connectivity index is 2.02. The molecule has 2 aliphatic rings. The number of piperidine rings is 1. The van der Waals surface area contributed by atoms with Crippen LogP contribution in [0.4, 0.5) is 5.82 Å². The van der Waals surface area contributed by atoms with Crippen molar-refractivity contribution in [2.24, 2.45) is 4.99 Å². The van der Waals surface area contributed by atoms with E-state index in [9.17, 15) is 4.79 Å². The molecule has 2 aliphatic heterocycles. The van der Waals surface area contributed by atoms with Gasteiger partial charge in [-0.25, -0.2) is 15.0 Å². The minimum atomic E-state index is -0.304. The van der Waals surface area contributed by atoms with Gasteiger partial charge in [0.15, 0.2) is 5.82 Å². The van der Waals surface area contributed by atoms with Crippen LogP contribution in [0.25, 0.3) is 0 Å². The van der Waals surface area contributed by atoms with Crippen molar-refractivity contribution in [2.75, 3.05) is 7.11 Å². The Labute approximate surface area is 115 Å². The van der Waals surface area contributed by atoms with Gasteiger partial charge in [0.2, 0.25) is 11.8 Å². The van der Waals surface area contributed by atoms with E-state index in [1.165, 1.54) is 25.1 Å². The number of carbonyl (C=O) groups is 1. The number of methoxy groups -OCH3 is 1. The summed E-state index contributed by atoms with van der Waals surface area (Å²) >= 11 is 1.38. The summed E-state index contributed by atoms with van der Waals surface area (Å²) in [6.45, 7) is 3.98. The lowest BCUT2D eigenvalue weighted by molar-refractivity contribution is -0.121. The maximum Gasteiger partial charge on any atom is 0.239 e. The van der Waals surface area contributed by atoms with Gasteiger partial charge in [-0.15, -0.1) is 0 Å². The minimum absolute atomic E-state index is 0.0183. The molecule has 19 heavy (non-hydrogen) atoms. The second-order valence-corrected chi connectivity index (χ2v) is 6.29. The molecule has 0 spiro atoms. The van der Waals surface area contributed by atoms with Crippen LogP contribution in [-0.2, 0) is 4.79 Å². The lowest BCUT2D eigenvalue weighted by Crippen LogP contribution is -2.56. The number of amides is 1. The van der Waals surface area contributed by atoms with E-state index in [2.05, 4.69) is 20.3 Å². The summed E-state index contributed by atoms with van der Waals surface area (Å²) in [5, 5.41) is 3.33. The summed E-state index contributed by atoms with van der Waals surface area (Å²) in [7, 11) is 1.54. The van der Waals surface area contributed by atoms with Gasteiger partial charge >= 0.3 is 0 Å². The molecule has 1 fully saturated rings. The van der Waals surface area contributed by atoms with E-state index in [4.69, 9.17) is 4.74 Å². The Kier molecular flexibility index (Phi) is 2.74. The fourth-order valence-corrected chi connectivity index (χ4v) is 3.22. The van der Waals surface area contributed by atoms with Crippen molar-refractivity contribution < 1.29 is 9.53 Å². The van der Waals surface area contributed by atoms with E-state index in [1.807, 2.05) is 13.8 Å². The van der Waals surface area contributed by atoms with Crippen LogP contribution in [0.5, 0.6) is 5.88 Å². The van der Waals surface area contributed by atoms with Crippen LogP contribution in [0.1, 0.15) is 20.3 Å². The molecule has 100 valence electrons. The third kappa shape index (κ3) is 2.18. The van der Waals surface area contributed by atoms with Gasteiger partial charge in [-0.3, -0.25) is 4.79 Å². The number of nitrogens with one attached hydrogen (secondary N) is 1. The van der Waals surface area contributed by atoms with Crippen LogP contribution in [0.3, 0.4) is 0 Å². The fourth-order valence-electron chi connectivity index (χ4n) is 2.21. The predicted octanol–water partition coefficient (Wildman–Crippen LogP) is 1.33. The zero-order chi connectivity index (χ0) is 13.6. The van der Waals surface area contributed by atoms with Crippen LogP contribution in [0.2, 0.25) is 0 Å². The summed E-state index contributed by atoms with van der Waals surface area (Å²) < 4.78 is 5.04. The molecule has 1 aromatic rings. The number of thioether (sulfide) groups is 1. The molecule has 3 rings (SSSR count). The molecule has 0 saturated carbocycles. The normalized spacial score (nSPS) is 23.8. The molecule has 0 aromatic carbocycles. The predicted molar refractivity (Wildman–Crippen MR) is 72.2 cm³/mol. The average molecular weight is 278 g/mol. The van der Waals surface area contributed by atoms with Crippen LogP contribution >= 0.6 is 11.8 Å². The third-order valence-corrected chi connectivity index (χ3v) is 4.23. The number of ether oxygens (including phenoxy) is 1. The van der Waals surface area contributed by atoms with E-state index in [0.717, 1.165) is 12.1 Å². The van der Waals surface area contributed by atoms with Gasteiger partial charge in [-0.05, 0) is 13.8 Å². The van der Waals surface area contributed by atoms with Crippen molar-refractivity contribution in [3.8, 4) is 5.88 Å². The Morgan fingerprint density at radius 3 is 3.05 bits per heavy atom. The molecule has 1 aromatic heterocycles. The number of fused-ring (bicyclic) bond motifs is 2. The lowest BCUT2D eigenvalue weighted by Gasteiger charge is -2.37. The quantitative estimate of drug-likeness (QED) is 0.838. The van der Waals surface area contributed by atoms with Crippen LogP contribution < -0.4 is 10.1 Å². The van der Waals surface area contributed by atoms with Crippen LogP contribution in [0, 0.1) is 0 Å². The highest BCUT2D eigenvalue weighted by atomic mass is 32.2. The van der Waals surface area contributed by atoms with Gasteiger partial charge in [-0.1, -0.05) is 11.8 Å². The molecule has 3 heterocycles. The Bertz CT molecular complexity index is 585. The summed E-state index contributed by atoms with van der Waals surface area (Å²) in [5.74, 6) is 0.985. The topological polar surface area (TPSA) is 76.5 Å². The molecular formula is C12H14N4O2S. The van der Waals surface area contributed by atoms with Gasteiger partial charge in [0.25, 0.3) is 0 Å². The molecular weight excluding hydrogens is 264 g/mol. The molecule has 1 atom stereocenters. The van der Waals surface area contributed by atoms with E-state index < -0.39 is 0 Å². The van der Waals surface area contributed by atoms with Crippen molar-refractivity contribution in [3.63, 3.8) is 0 Å². The molecule has 6 nitrogen and oxygen atoms in total. The number of hydrogen-bond acceptors (Lipinski definition) is 6. The highest BCUT2D eigenvalue weighted by molar-refractivity contribution is 8.01. The number of rotatable bonds is 1. The second kappa shape index (κ2) is 4.19. The van der Waals surface area contributed by atoms with Crippen LogP contribution in [-0.4, -0.2) is 39.5 Å². The molecule has 1 unspecified atom stereocenters. The fraction of sp³-hybridized carbons (Fsp3) is 0.500. The Hall–Kier alpha value is -1.63. The molecule has 0 radical (unpaired) electrons. The van der Waals surface area contributed by atoms with E-state index in [-0.39, 0.29) is 16.7 Å². The summed E-state index contributed by atoms with van der Waals surface area (Å²) in [4.78, 5) is 25.1. The Morgan fingerprint density at radius 1 is 1.53 bits per heavy atom. The highest BCUT2D eigenvalue weighted by Crippen LogP contribution is 2.39. The average Bonchev–Trinajstić information content (AvgIpc) is 2.35. The van der Waals surface area contributed by atoms with E-state index >= 15 is 0 Å². The first-order valence-corrected chi connectivity index (χ1v) is 6.84. The number of carbonyl (C=O) groups excluding carboxylic acids is 1. The van der Waals surface area contributed by atoms with Crippen molar-refractivity contribution in [3.05, 3.63) is 6.20 Å². The molecule has 0 aliphatic carbocycles. The van der Waals surface area contributed by atoms with Crippen molar-refractivity contribution >= 4 is 29.2 Å². The van der Waals surface area contributed by atoms with Crippen molar-refractivity contribution in [1.29, 1.82) is 0 Å². The van der Waals surface area contributed by atoms with Gasteiger partial charge in [-0.2, -0.15) is 0 Å². The lowest BCUT2D eigenvalue weighted by atomic mass is 9.91. The highest BCUT2D eigenvalue weighted by Gasteiger charge is 2.41. The van der Waals surface area contributed by atoms with E-state index in [0.29, 0.717) is 16.7 Å². The monoisotopic (exact) mass is 278 g/mol. The summed E-state index contributed by atoms with van der Waals surface area (Å²) in [5.41, 5.74) is 0.607. The molecule has 7 heteroatoms. The minimum Gasteiger partial charge on any atom is -0.480 e. The number of nitrogens with zero attached hydrogens (tertiary/aromatic N) is 3. The maximum atomic E-state index is 12.1.